The van der Waals surface area contributed by atoms with Gasteiger partial charge in [-0.25, -0.2) is 15.0 Å². The third-order valence-corrected chi connectivity index (χ3v) is 3.69. The molecule has 20 heavy (non-hydrogen) atoms. The van der Waals surface area contributed by atoms with E-state index in [1.54, 1.807) is 0 Å². The molecular weight excluding hydrogens is 381 g/mol. The van der Waals surface area contributed by atoms with Crippen LogP contribution in [0.15, 0.2) is 6.33 Å². The average Bonchev–Trinajstić information content (AvgIpc) is 2.93. The van der Waals surface area contributed by atoms with E-state index in [2.05, 4.69) is 15.0 Å². The fraction of sp³-hybridized carbons (Fsp3) is 0.500. The Kier molecular flexibility index (Phi) is 3.50. The largest absolute Gasteiger partial charge is 0.394 e. The minimum Gasteiger partial charge on any atom is -0.394 e. The van der Waals surface area contributed by atoms with Crippen molar-refractivity contribution in [2.45, 2.75) is 24.5 Å². The highest BCUT2D eigenvalue weighted by Crippen LogP contribution is 2.31. The number of halogens is 1. The molecule has 3 rings (SSSR count). The van der Waals surface area contributed by atoms with E-state index in [0.29, 0.717) is 15.0 Å². The second-order valence-electron chi connectivity index (χ2n) is 4.43. The standard InChI is InChI=1S/C10H12IN5O4/c11-10-14-7(12)4-8(15-10)16(2-13-4)9-6(19)5(18)3(1-17)20-9/h2-3,5-6,9,17-19H,1H2,(H2,12,14,15)/t3-,5?,6+,9-/m1/s1. The van der Waals surface area contributed by atoms with Crippen LogP contribution in [0.4, 0.5) is 5.82 Å². The van der Waals surface area contributed by atoms with Crippen molar-refractivity contribution >= 4 is 39.6 Å². The first-order valence-electron chi connectivity index (χ1n) is 5.81. The summed E-state index contributed by atoms with van der Waals surface area (Å²) in [6.45, 7) is -0.393. The fourth-order valence-corrected chi connectivity index (χ4v) is 2.70. The number of aliphatic hydroxyl groups excluding tert-OH is 3. The van der Waals surface area contributed by atoms with Gasteiger partial charge in [-0.1, -0.05) is 0 Å². The van der Waals surface area contributed by atoms with Gasteiger partial charge >= 0.3 is 0 Å². The molecule has 1 unspecified atom stereocenters. The number of hydrogen-bond donors (Lipinski definition) is 4. The van der Waals surface area contributed by atoms with E-state index in [-0.39, 0.29) is 5.82 Å². The van der Waals surface area contributed by atoms with Gasteiger partial charge in [0.15, 0.2) is 21.5 Å². The van der Waals surface area contributed by atoms with Crippen LogP contribution in [0.2, 0.25) is 0 Å². The minimum atomic E-state index is -1.20. The molecule has 2 aromatic rings. The molecule has 9 nitrogen and oxygen atoms in total. The highest BCUT2D eigenvalue weighted by molar-refractivity contribution is 14.1. The number of aliphatic hydroxyl groups is 3. The van der Waals surface area contributed by atoms with Gasteiger partial charge in [-0.2, -0.15) is 0 Å². The topological polar surface area (TPSA) is 140 Å². The fourth-order valence-electron chi connectivity index (χ4n) is 2.21. The van der Waals surface area contributed by atoms with Crippen LogP contribution in [-0.2, 0) is 4.74 Å². The lowest BCUT2D eigenvalue weighted by molar-refractivity contribution is -0.0511. The van der Waals surface area contributed by atoms with Gasteiger partial charge in [-0.05, 0) is 0 Å². The summed E-state index contributed by atoms with van der Waals surface area (Å²) in [5.74, 6) is 0.227. The summed E-state index contributed by atoms with van der Waals surface area (Å²) >= 11 is 1.92. The van der Waals surface area contributed by atoms with E-state index in [1.165, 1.54) is 10.9 Å². The summed E-state index contributed by atoms with van der Waals surface area (Å²) in [7, 11) is 0. The molecule has 0 aromatic carbocycles. The Labute approximate surface area is 126 Å². The smallest absolute Gasteiger partial charge is 0.194 e. The molecule has 10 heteroatoms. The zero-order chi connectivity index (χ0) is 14.4. The molecule has 1 aliphatic rings. The maximum Gasteiger partial charge on any atom is 0.194 e. The molecule has 0 saturated carbocycles. The lowest BCUT2D eigenvalue weighted by Gasteiger charge is -2.16. The Bertz CT molecular complexity index is 650. The summed E-state index contributed by atoms with van der Waals surface area (Å²) in [4.78, 5) is 12.3. The highest BCUT2D eigenvalue weighted by Gasteiger charge is 2.44. The van der Waals surface area contributed by atoms with Gasteiger partial charge in [0, 0.05) is 22.6 Å². The van der Waals surface area contributed by atoms with Crippen LogP contribution < -0.4 is 5.73 Å². The van der Waals surface area contributed by atoms with E-state index in [1.807, 2.05) is 22.6 Å². The van der Waals surface area contributed by atoms with Gasteiger partial charge in [0.2, 0.25) is 0 Å². The Balaban J connectivity index is 2.07. The van der Waals surface area contributed by atoms with Gasteiger partial charge in [-0.15, -0.1) is 0 Å². The molecule has 0 bridgehead atoms. The van der Waals surface area contributed by atoms with Crippen LogP contribution >= 0.6 is 22.6 Å². The van der Waals surface area contributed by atoms with E-state index in [9.17, 15) is 10.2 Å². The second-order valence-corrected chi connectivity index (χ2v) is 5.40. The quantitative estimate of drug-likeness (QED) is 0.362. The highest BCUT2D eigenvalue weighted by atomic mass is 127. The molecule has 108 valence electrons. The zero-order valence-electron chi connectivity index (χ0n) is 10.1. The summed E-state index contributed by atoms with van der Waals surface area (Å²) in [6.07, 6.45) is -2.71. The van der Waals surface area contributed by atoms with Crippen molar-refractivity contribution in [3.63, 3.8) is 0 Å². The first kappa shape index (κ1) is 13.9. The van der Waals surface area contributed by atoms with Gasteiger partial charge in [-0.3, -0.25) is 4.57 Å². The van der Waals surface area contributed by atoms with Gasteiger partial charge in [0.05, 0.1) is 12.9 Å². The molecule has 1 fully saturated rings. The first-order chi connectivity index (χ1) is 9.52. The first-order valence-corrected chi connectivity index (χ1v) is 6.88. The molecule has 1 aliphatic heterocycles. The molecular formula is C10H12IN5O4. The lowest BCUT2D eigenvalue weighted by Crippen LogP contribution is -2.33. The number of rotatable bonds is 2. The number of ether oxygens (including phenoxy) is 1. The van der Waals surface area contributed by atoms with Gasteiger partial charge < -0.3 is 25.8 Å². The van der Waals surface area contributed by atoms with Gasteiger partial charge in [0.25, 0.3) is 0 Å². The Hall–Kier alpha value is -1.08. The normalized spacial score (nSPS) is 30.2. The average molecular weight is 393 g/mol. The van der Waals surface area contributed by atoms with Crippen molar-refractivity contribution in [1.29, 1.82) is 0 Å². The minimum absolute atomic E-state index is 0.227. The number of fused-ring (bicyclic) bond motifs is 1. The Morgan fingerprint density at radius 3 is 2.75 bits per heavy atom. The van der Waals surface area contributed by atoms with Crippen molar-refractivity contribution in [2.75, 3.05) is 12.3 Å². The zero-order valence-corrected chi connectivity index (χ0v) is 12.2. The molecule has 0 radical (unpaired) electrons. The van der Waals surface area contributed by atoms with Crippen LogP contribution in [0.25, 0.3) is 11.2 Å². The lowest BCUT2D eigenvalue weighted by atomic mass is 10.1. The number of nitrogen functional groups attached to an aromatic ring is 1. The van der Waals surface area contributed by atoms with Crippen LogP contribution in [0.1, 0.15) is 6.23 Å². The maximum atomic E-state index is 10.0. The number of hydrogen-bond acceptors (Lipinski definition) is 8. The molecule has 5 N–H and O–H groups in total. The van der Waals surface area contributed by atoms with Crippen LogP contribution in [0.3, 0.4) is 0 Å². The summed E-state index contributed by atoms with van der Waals surface area (Å²) in [5.41, 5.74) is 6.55. The van der Waals surface area contributed by atoms with Crippen molar-refractivity contribution in [1.82, 2.24) is 19.5 Å². The Morgan fingerprint density at radius 2 is 2.10 bits per heavy atom. The summed E-state index contributed by atoms with van der Waals surface area (Å²) < 4.78 is 7.34. The predicted molar refractivity (Wildman–Crippen MR) is 75.5 cm³/mol. The summed E-state index contributed by atoms with van der Waals surface area (Å²) in [5, 5.41) is 28.9. The molecule has 1 saturated heterocycles. The van der Waals surface area contributed by atoms with Crippen LogP contribution in [0.5, 0.6) is 0 Å². The molecule has 3 heterocycles. The summed E-state index contributed by atoms with van der Waals surface area (Å²) in [6, 6.07) is 0. The third-order valence-electron chi connectivity index (χ3n) is 3.21. The number of anilines is 1. The maximum absolute atomic E-state index is 10.0. The van der Waals surface area contributed by atoms with Crippen molar-refractivity contribution in [3.8, 4) is 0 Å². The Morgan fingerprint density at radius 1 is 1.35 bits per heavy atom. The number of aromatic nitrogens is 4. The molecule has 0 amide bonds. The van der Waals surface area contributed by atoms with Crippen molar-refractivity contribution in [3.05, 3.63) is 10.2 Å². The van der Waals surface area contributed by atoms with Crippen molar-refractivity contribution < 1.29 is 20.1 Å². The molecule has 0 aliphatic carbocycles. The number of nitrogens with two attached hydrogens (primary N) is 1. The van der Waals surface area contributed by atoms with Crippen LogP contribution in [0, 0.1) is 3.83 Å². The van der Waals surface area contributed by atoms with E-state index in [4.69, 9.17) is 15.6 Å². The van der Waals surface area contributed by atoms with E-state index in [0.717, 1.165) is 0 Å². The molecule has 0 spiro atoms. The molecule has 4 atom stereocenters. The van der Waals surface area contributed by atoms with E-state index >= 15 is 0 Å². The third kappa shape index (κ3) is 2.03. The predicted octanol–water partition coefficient (Wildman–Crippen LogP) is -1.38. The van der Waals surface area contributed by atoms with Crippen molar-refractivity contribution in [2.24, 2.45) is 0 Å². The van der Waals surface area contributed by atoms with Gasteiger partial charge in [0.1, 0.15) is 23.8 Å². The van der Waals surface area contributed by atoms with E-state index < -0.39 is 31.1 Å². The SMILES string of the molecule is Nc1nc(I)nc2c1ncn2[C@@H]1O[C@H](CO)C(O)[C@@H]1O. The second kappa shape index (κ2) is 5.04. The molecule has 2 aromatic heterocycles. The number of imidazole rings is 1. The number of nitrogens with zero attached hydrogens (tertiary/aromatic N) is 4. The van der Waals surface area contributed by atoms with Crippen LogP contribution in [-0.4, -0.2) is 59.8 Å². The monoisotopic (exact) mass is 393 g/mol.